The van der Waals surface area contributed by atoms with E-state index >= 15 is 0 Å². The lowest BCUT2D eigenvalue weighted by Gasteiger charge is -2.36. The number of hydrogen-bond donors (Lipinski definition) is 2. The molecule has 0 aromatic heterocycles. The third-order valence-corrected chi connectivity index (χ3v) is 2.58. The fourth-order valence-electron chi connectivity index (χ4n) is 2.13. The molecule has 0 amide bonds. The first-order chi connectivity index (χ1) is 5.98. The normalized spacial score (nSPS) is 40.0. The van der Waals surface area contributed by atoms with Crippen molar-refractivity contribution in [1.82, 2.24) is 0 Å². The molecule has 1 fully saturated rings. The maximum Gasteiger partial charge on any atom is 0.325 e. The summed E-state index contributed by atoms with van der Waals surface area (Å²) >= 11 is 0. The predicted molar refractivity (Wildman–Crippen MR) is 48.0 cm³/mol. The Kier molecular flexibility index (Phi) is 2.93. The Hall–Kier alpha value is -0.610. The molecule has 1 aliphatic carbocycles. The van der Waals surface area contributed by atoms with Gasteiger partial charge >= 0.3 is 5.97 Å². The van der Waals surface area contributed by atoms with Gasteiger partial charge in [-0.1, -0.05) is 6.92 Å². The zero-order valence-corrected chi connectivity index (χ0v) is 8.12. The van der Waals surface area contributed by atoms with Crippen LogP contribution in [-0.4, -0.2) is 29.8 Å². The van der Waals surface area contributed by atoms with E-state index in [0.29, 0.717) is 12.8 Å². The average molecular weight is 187 g/mol. The minimum absolute atomic E-state index is 0.271. The smallest absolute Gasteiger partial charge is 0.325 e. The van der Waals surface area contributed by atoms with Crippen LogP contribution in [0.2, 0.25) is 0 Å². The van der Waals surface area contributed by atoms with Gasteiger partial charge in [-0.2, -0.15) is 0 Å². The zero-order valence-electron chi connectivity index (χ0n) is 8.12. The second-order valence-corrected chi connectivity index (χ2v) is 4.05. The van der Waals surface area contributed by atoms with Gasteiger partial charge in [0, 0.05) is 6.42 Å². The van der Waals surface area contributed by atoms with Crippen LogP contribution < -0.4 is 5.73 Å². The summed E-state index contributed by atoms with van der Waals surface area (Å²) in [5.41, 5.74) is 4.88. The lowest BCUT2D eigenvalue weighted by atomic mass is 9.75. The number of nitrogens with two attached hydrogens (primary N) is 1. The van der Waals surface area contributed by atoms with Crippen molar-refractivity contribution in [3.63, 3.8) is 0 Å². The first kappa shape index (κ1) is 10.5. The second-order valence-electron chi connectivity index (χ2n) is 4.05. The van der Waals surface area contributed by atoms with E-state index in [1.807, 2.05) is 6.92 Å². The van der Waals surface area contributed by atoms with Gasteiger partial charge in [-0.15, -0.1) is 0 Å². The molecular weight excluding hydrogens is 170 g/mol. The summed E-state index contributed by atoms with van der Waals surface area (Å²) in [6.07, 6.45) is 1.14. The van der Waals surface area contributed by atoms with Gasteiger partial charge in [0.2, 0.25) is 0 Å². The predicted octanol–water partition coefficient (Wildman–Crippen LogP) is 0.0378. The fraction of sp³-hybridized carbons (Fsp3) is 0.889. The maximum absolute atomic E-state index is 11.3. The van der Waals surface area contributed by atoms with Gasteiger partial charge in [0.15, 0.2) is 0 Å². The van der Waals surface area contributed by atoms with Crippen molar-refractivity contribution in [2.24, 2.45) is 11.7 Å². The molecular formula is C9H17NO3. The number of rotatable bonds is 1. The van der Waals surface area contributed by atoms with Crippen molar-refractivity contribution < 1.29 is 14.6 Å². The molecule has 0 saturated heterocycles. The largest absolute Gasteiger partial charge is 0.468 e. The number of aliphatic hydroxyl groups excluding tert-OH is 1. The molecule has 3 unspecified atom stereocenters. The summed E-state index contributed by atoms with van der Waals surface area (Å²) in [6, 6.07) is 0. The highest BCUT2D eigenvalue weighted by atomic mass is 16.5. The average Bonchev–Trinajstić information content (AvgIpc) is 2.00. The summed E-state index contributed by atoms with van der Waals surface area (Å²) in [5.74, 6) is -0.147. The van der Waals surface area contributed by atoms with Gasteiger partial charge in [-0.05, 0) is 18.8 Å². The van der Waals surface area contributed by atoms with Crippen molar-refractivity contribution in [3.8, 4) is 0 Å². The molecule has 0 heterocycles. The highest BCUT2D eigenvalue weighted by Gasteiger charge is 2.42. The number of carbonyl (C=O) groups is 1. The van der Waals surface area contributed by atoms with Crippen LogP contribution in [0.25, 0.3) is 0 Å². The van der Waals surface area contributed by atoms with Crippen LogP contribution in [0.1, 0.15) is 26.2 Å². The molecule has 0 aliphatic heterocycles. The van der Waals surface area contributed by atoms with Crippen LogP contribution in [0.3, 0.4) is 0 Å². The molecule has 0 radical (unpaired) electrons. The summed E-state index contributed by atoms with van der Waals surface area (Å²) in [7, 11) is 1.32. The van der Waals surface area contributed by atoms with Crippen molar-refractivity contribution in [2.45, 2.75) is 37.8 Å². The Bertz CT molecular complexity index is 195. The van der Waals surface area contributed by atoms with Crippen LogP contribution in [0.5, 0.6) is 0 Å². The van der Waals surface area contributed by atoms with E-state index in [-0.39, 0.29) is 5.92 Å². The van der Waals surface area contributed by atoms with Crippen LogP contribution in [0.4, 0.5) is 0 Å². The minimum Gasteiger partial charge on any atom is -0.468 e. The molecule has 3 atom stereocenters. The van der Waals surface area contributed by atoms with Gasteiger partial charge in [-0.25, -0.2) is 0 Å². The maximum atomic E-state index is 11.3. The van der Waals surface area contributed by atoms with Gasteiger partial charge in [0.25, 0.3) is 0 Å². The quantitative estimate of drug-likeness (QED) is 0.568. The van der Waals surface area contributed by atoms with E-state index in [0.717, 1.165) is 6.42 Å². The Morgan fingerprint density at radius 2 is 2.23 bits per heavy atom. The number of hydrogen-bond acceptors (Lipinski definition) is 4. The van der Waals surface area contributed by atoms with E-state index in [4.69, 9.17) is 5.73 Å². The number of carbonyl (C=O) groups excluding carboxylic acids is 1. The Labute approximate surface area is 78.1 Å². The Morgan fingerprint density at radius 3 is 2.69 bits per heavy atom. The highest BCUT2D eigenvalue weighted by molar-refractivity contribution is 5.80. The lowest BCUT2D eigenvalue weighted by Crippen LogP contribution is -2.54. The summed E-state index contributed by atoms with van der Waals surface area (Å²) in [4.78, 5) is 11.3. The standard InChI is InChI=1S/C9H17NO3/c1-6-3-7(11)5-9(10,4-6)8(12)13-2/h6-7,11H,3-5,10H2,1-2H3. The first-order valence-corrected chi connectivity index (χ1v) is 4.53. The number of aliphatic hydroxyl groups is 1. The third kappa shape index (κ3) is 2.19. The molecule has 4 nitrogen and oxygen atoms in total. The number of esters is 1. The molecule has 0 bridgehead atoms. The van der Waals surface area contributed by atoms with E-state index < -0.39 is 17.6 Å². The molecule has 13 heavy (non-hydrogen) atoms. The summed E-state index contributed by atoms with van der Waals surface area (Å²) in [6.45, 7) is 1.98. The van der Waals surface area contributed by atoms with Crippen molar-refractivity contribution in [2.75, 3.05) is 7.11 Å². The number of ether oxygens (including phenoxy) is 1. The molecule has 1 rings (SSSR count). The second kappa shape index (κ2) is 3.64. The van der Waals surface area contributed by atoms with Gasteiger partial charge in [0.1, 0.15) is 5.54 Å². The van der Waals surface area contributed by atoms with Crippen molar-refractivity contribution >= 4 is 5.97 Å². The molecule has 0 aromatic carbocycles. The van der Waals surface area contributed by atoms with Gasteiger partial charge in [0.05, 0.1) is 13.2 Å². The van der Waals surface area contributed by atoms with E-state index in [1.165, 1.54) is 7.11 Å². The van der Waals surface area contributed by atoms with E-state index in [2.05, 4.69) is 4.74 Å². The van der Waals surface area contributed by atoms with Crippen LogP contribution in [0.15, 0.2) is 0 Å². The highest BCUT2D eigenvalue weighted by Crippen LogP contribution is 2.31. The van der Waals surface area contributed by atoms with Gasteiger partial charge in [-0.3, -0.25) is 4.79 Å². The van der Waals surface area contributed by atoms with Crippen LogP contribution in [0, 0.1) is 5.92 Å². The summed E-state index contributed by atoms with van der Waals surface area (Å²) < 4.78 is 4.61. The minimum atomic E-state index is -0.980. The fourth-order valence-corrected chi connectivity index (χ4v) is 2.13. The van der Waals surface area contributed by atoms with E-state index in [9.17, 15) is 9.90 Å². The first-order valence-electron chi connectivity index (χ1n) is 4.53. The lowest BCUT2D eigenvalue weighted by molar-refractivity contribution is -0.150. The Balaban J connectivity index is 2.71. The van der Waals surface area contributed by atoms with E-state index in [1.54, 1.807) is 0 Å². The molecule has 1 aliphatic rings. The zero-order chi connectivity index (χ0) is 10.1. The van der Waals surface area contributed by atoms with Crippen LogP contribution in [-0.2, 0) is 9.53 Å². The van der Waals surface area contributed by atoms with Crippen LogP contribution >= 0.6 is 0 Å². The van der Waals surface area contributed by atoms with Crippen molar-refractivity contribution in [1.29, 1.82) is 0 Å². The molecule has 1 saturated carbocycles. The monoisotopic (exact) mass is 187 g/mol. The van der Waals surface area contributed by atoms with Crippen molar-refractivity contribution in [3.05, 3.63) is 0 Å². The molecule has 76 valence electrons. The molecule has 3 N–H and O–H groups in total. The molecule has 0 spiro atoms. The molecule has 0 aromatic rings. The topological polar surface area (TPSA) is 72.5 Å². The SMILES string of the molecule is COC(=O)C1(N)CC(C)CC(O)C1. The Morgan fingerprint density at radius 1 is 1.62 bits per heavy atom. The van der Waals surface area contributed by atoms with Gasteiger partial charge < -0.3 is 15.6 Å². The molecule has 4 heteroatoms. The number of methoxy groups -OCH3 is 1. The third-order valence-electron chi connectivity index (χ3n) is 2.58. The summed E-state index contributed by atoms with van der Waals surface area (Å²) in [5, 5.41) is 9.47.